The van der Waals surface area contributed by atoms with Crippen LogP contribution in [0.2, 0.25) is 0 Å². The molecule has 0 saturated heterocycles. The van der Waals surface area contributed by atoms with E-state index in [-0.39, 0.29) is 11.8 Å². The van der Waals surface area contributed by atoms with Crippen LogP contribution in [-0.2, 0) is 4.79 Å². The molecule has 2 aromatic rings. The number of nitrogens with two attached hydrogens (primary N) is 1. The third-order valence-electron chi connectivity index (χ3n) is 4.59. The normalized spacial score (nSPS) is 24.4. The van der Waals surface area contributed by atoms with E-state index in [0.29, 0.717) is 0 Å². The molecule has 0 aliphatic heterocycles. The third kappa shape index (κ3) is 3.62. The van der Waals surface area contributed by atoms with Crippen LogP contribution in [0.3, 0.4) is 0 Å². The second-order valence-electron chi connectivity index (χ2n) is 6.66. The van der Waals surface area contributed by atoms with Gasteiger partial charge in [-0.15, -0.1) is 11.3 Å². The van der Waals surface area contributed by atoms with Gasteiger partial charge in [0.25, 0.3) is 0 Å². The van der Waals surface area contributed by atoms with Gasteiger partial charge in [-0.05, 0) is 51.0 Å². The molecule has 0 radical (unpaired) electrons. The van der Waals surface area contributed by atoms with Crippen molar-refractivity contribution in [2.75, 3.05) is 5.32 Å². The highest BCUT2D eigenvalue weighted by Crippen LogP contribution is 2.32. The second kappa shape index (κ2) is 6.42. The fourth-order valence-electron chi connectivity index (χ4n) is 3.20. The molecule has 3 rings (SSSR count). The molecule has 1 aromatic carbocycles. The number of rotatable bonds is 3. The van der Waals surface area contributed by atoms with Crippen LogP contribution in [0.25, 0.3) is 10.6 Å². The Morgan fingerprint density at radius 2 is 2.09 bits per heavy atom. The lowest BCUT2D eigenvalue weighted by molar-refractivity contribution is -0.122. The first kappa shape index (κ1) is 16.1. The molecule has 3 N–H and O–H groups in total. The number of aryl methyl sites for hydroxylation is 1. The zero-order chi connectivity index (χ0) is 16.4. The third-order valence-corrected chi connectivity index (χ3v) is 5.60. The lowest BCUT2D eigenvalue weighted by Crippen LogP contribution is -2.51. The molecule has 23 heavy (non-hydrogen) atoms. The number of nitrogens with one attached hydrogen (secondary N) is 1. The molecule has 122 valence electrons. The topological polar surface area (TPSA) is 68.0 Å². The van der Waals surface area contributed by atoms with Gasteiger partial charge in [0.1, 0.15) is 5.01 Å². The van der Waals surface area contributed by atoms with Crippen molar-refractivity contribution >= 4 is 22.9 Å². The number of anilines is 1. The monoisotopic (exact) mass is 329 g/mol. The first-order chi connectivity index (χ1) is 11.0. The van der Waals surface area contributed by atoms with Crippen molar-refractivity contribution in [3.05, 3.63) is 35.3 Å². The number of thiazole rings is 1. The molecule has 1 fully saturated rings. The molecular weight excluding hydrogens is 306 g/mol. The average Bonchev–Trinajstić information content (AvgIpc) is 2.94. The fraction of sp³-hybridized carbons (Fsp3) is 0.444. The maximum absolute atomic E-state index is 12.5. The zero-order valence-electron chi connectivity index (χ0n) is 13.6. The second-order valence-corrected chi connectivity index (χ2v) is 7.52. The van der Waals surface area contributed by atoms with Crippen molar-refractivity contribution < 1.29 is 4.79 Å². The van der Waals surface area contributed by atoms with Gasteiger partial charge in [0, 0.05) is 27.9 Å². The summed E-state index contributed by atoms with van der Waals surface area (Å²) in [4.78, 5) is 17.0. The van der Waals surface area contributed by atoms with Crippen LogP contribution in [0.1, 0.15) is 38.3 Å². The molecule has 0 bridgehead atoms. The number of aromatic nitrogens is 1. The summed E-state index contributed by atoms with van der Waals surface area (Å²) in [5, 5.41) is 6.06. The summed E-state index contributed by atoms with van der Waals surface area (Å²) in [7, 11) is 0. The SMILES string of the molecule is Cc1csc(-c2ccc(NC(=O)C3CCCCC3(C)N)cc2)n1. The predicted molar refractivity (Wildman–Crippen MR) is 95.5 cm³/mol. The minimum Gasteiger partial charge on any atom is -0.326 e. The highest BCUT2D eigenvalue weighted by Gasteiger charge is 2.37. The molecule has 1 aromatic heterocycles. The lowest BCUT2D eigenvalue weighted by atomic mass is 9.74. The number of hydrogen-bond donors (Lipinski definition) is 2. The van der Waals surface area contributed by atoms with E-state index in [9.17, 15) is 4.79 Å². The minimum absolute atomic E-state index is 0.0348. The van der Waals surface area contributed by atoms with Crippen molar-refractivity contribution in [1.29, 1.82) is 0 Å². The molecule has 1 heterocycles. The Balaban J connectivity index is 1.69. The quantitative estimate of drug-likeness (QED) is 0.895. The van der Waals surface area contributed by atoms with E-state index in [0.717, 1.165) is 47.6 Å². The standard InChI is InChI=1S/C18H23N3OS/c1-12-11-23-17(20-12)13-6-8-14(9-7-13)21-16(22)15-5-3-4-10-18(15,2)19/h6-9,11,15H,3-5,10,19H2,1-2H3,(H,21,22). The first-order valence-electron chi connectivity index (χ1n) is 8.08. The molecule has 1 aliphatic rings. The summed E-state index contributed by atoms with van der Waals surface area (Å²) < 4.78 is 0. The Labute approximate surface area is 141 Å². The van der Waals surface area contributed by atoms with Crippen molar-refractivity contribution in [2.45, 2.75) is 45.1 Å². The van der Waals surface area contributed by atoms with E-state index < -0.39 is 5.54 Å². The van der Waals surface area contributed by atoms with Crippen LogP contribution in [0.4, 0.5) is 5.69 Å². The van der Waals surface area contributed by atoms with Gasteiger partial charge in [0.05, 0.1) is 5.92 Å². The van der Waals surface area contributed by atoms with Gasteiger partial charge in [0.2, 0.25) is 5.91 Å². The number of carbonyl (C=O) groups is 1. The van der Waals surface area contributed by atoms with Gasteiger partial charge in [-0.2, -0.15) is 0 Å². The molecule has 0 spiro atoms. The highest BCUT2D eigenvalue weighted by atomic mass is 32.1. The van der Waals surface area contributed by atoms with Gasteiger partial charge in [0.15, 0.2) is 0 Å². The van der Waals surface area contributed by atoms with Gasteiger partial charge >= 0.3 is 0 Å². The number of carbonyl (C=O) groups excluding carboxylic acids is 1. The Hall–Kier alpha value is -1.72. The number of amides is 1. The van der Waals surface area contributed by atoms with Crippen molar-refractivity contribution in [3.63, 3.8) is 0 Å². The lowest BCUT2D eigenvalue weighted by Gasteiger charge is -2.37. The largest absolute Gasteiger partial charge is 0.326 e. The summed E-state index contributed by atoms with van der Waals surface area (Å²) in [6.07, 6.45) is 3.97. The van der Waals surface area contributed by atoms with E-state index >= 15 is 0 Å². The van der Waals surface area contributed by atoms with E-state index in [1.54, 1.807) is 11.3 Å². The van der Waals surface area contributed by atoms with Crippen LogP contribution >= 0.6 is 11.3 Å². The van der Waals surface area contributed by atoms with E-state index in [1.807, 2.05) is 43.5 Å². The van der Waals surface area contributed by atoms with E-state index in [2.05, 4.69) is 10.3 Å². The van der Waals surface area contributed by atoms with Crippen LogP contribution in [-0.4, -0.2) is 16.4 Å². The summed E-state index contributed by atoms with van der Waals surface area (Å²) in [6.45, 7) is 3.98. The average molecular weight is 329 g/mol. The summed E-state index contributed by atoms with van der Waals surface area (Å²) >= 11 is 1.63. The minimum atomic E-state index is -0.402. The van der Waals surface area contributed by atoms with Gasteiger partial charge in [-0.1, -0.05) is 12.8 Å². The molecule has 1 aliphatic carbocycles. The van der Waals surface area contributed by atoms with E-state index in [1.165, 1.54) is 0 Å². The molecule has 4 nitrogen and oxygen atoms in total. The summed E-state index contributed by atoms with van der Waals surface area (Å²) in [5.41, 5.74) is 8.82. The Morgan fingerprint density at radius 1 is 1.35 bits per heavy atom. The molecule has 1 amide bonds. The zero-order valence-corrected chi connectivity index (χ0v) is 14.5. The molecule has 2 unspecified atom stereocenters. The summed E-state index contributed by atoms with van der Waals surface area (Å²) in [5.74, 6) is -0.0786. The summed E-state index contributed by atoms with van der Waals surface area (Å²) in [6, 6.07) is 7.86. The molecule has 5 heteroatoms. The number of hydrogen-bond acceptors (Lipinski definition) is 4. The van der Waals surface area contributed by atoms with Crippen LogP contribution in [0.15, 0.2) is 29.6 Å². The van der Waals surface area contributed by atoms with Crippen molar-refractivity contribution in [1.82, 2.24) is 4.98 Å². The smallest absolute Gasteiger partial charge is 0.229 e. The molecular formula is C18H23N3OS. The molecule has 2 atom stereocenters. The van der Waals surface area contributed by atoms with Crippen LogP contribution < -0.4 is 11.1 Å². The van der Waals surface area contributed by atoms with Crippen LogP contribution in [0, 0.1) is 12.8 Å². The number of benzene rings is 1. The van der Waals surface area contributed by atoms with E-state index in [4.69, 9.17) is 5.73 Å². The number of nitrogens with zero attached hydrogens (tertiary/aromatic N) is 1. The Bertz CT molecular complexity index is 691. The predicted octanol–water partition coefficient (Wildman–Crippen LogP) is 3.96. The van der Waals surface area contributed by atoms with Gasteiger partial charge in [-0.25, -0.2) is 4.98 Å². The maximum atomic E-state index is 12.5. The van der Waals surface area contributed by atoms with Crippen molar-refractivity contribution in [3.8, 4) is 10.6 Å². The first-order valence-corrected chi connectivity index (χ1v) is 8.96. The maximum Gasteiger partial charge on any atom is 0.229 e. The van der Waals surface area contributed by atoms with Gasteiger partial charge in [-0.3, -0.25) is 4.79 Å². The van der Waals surface area contributed by atoms with Crippen molar-refractivity contribution in [2.24, 2.45) is 11.7 Å². The fourth-order valence-corrected chi connectivity index (χ4v) is 4.00. The highest BCUT2D eigenvalue weighted by molar-refractivity contribution is 7.13. The van der Waals surface area contributed by atoms with Crippen LogP contribution in [0.5, 0.6) is 0 Å². The molecule has 1 saturated carbocycles. The Kier molecular flexibility index (Phi) is 4.50. The Morgan fingerprint density at radius 3 is 2.70 bits per heavy atom. The van der Waals surface area contributed by atoms with Gasteiger partial charge < -0.3 is 11.1 Å².